The zero-order valence-corrected chi connectivity index (χ0v) is 12.5. The minimum absolute atomic E-state index is 0.500. The van der Waals surface area contributed by atoms with E-state index in [1.54, 1.807) is 13.2 Å². The van der Waals surface area contributed by atoms with Gasteiger partial charge in [0.1, 0.15) is 17.4 Å². The van der Waals surface area contributed by atoms with Gasteiger partial charge in [0.05, 0.1) is 12.8 Å². The lowest BCUT2D eigenvalue weighted by Crippen LogP contribution is -2.03. The maximum absolute atomic E-state index is 5.91. The summed E-state index contributed by atoms with van der Waals surface area (Å²) in [6, 6.07) is 5.94. The maximum Gasteiger partial charge on any atom is 0.131 e. The van der Waals surface area contributed by atoms with Crippen LogP contribution in [0.3, 0.4) is 0 Å². The van der Waals surface area contributed by atoms with Crippen molar-refractivity contribution < 1.29 is 4.74 Å². The molecule has 4 nitrogen and oxygen atoms in total. The summed E-state index contributed by atoms with van der Waals surface area (Å²) in [6.45, 7) is 6.21. The molecule has 0 saturated heterocycles. The fraction of sp³-hybridized carbons (Fsp3) is 0.375. The first-order valence-electron chi connectivity index (χ1n) is 6.84. The van der Waals surface area contributed by atoms with Crippen LogP contribution in [0.25, 0.3) is 11.3 Å². The number of nitrogen functional groups attached to an aromatic ring is 1. The number of nitrogens with two attached hydrogens (primary N) is 1. The summed E-state index contributed by atoms with van der Waals surface area (Å²) < 4.78 is 5.50. The van der Waals surface area contributed by atoms with Gasteiger partial charge in [-0.05, 0) is 37.5 Å². The van der Waals surface area contributed by atoms with Crippen LogP contribution < -0.4 is 10.5 Å². The Labute approximate surface area is 120 Å². The lowest BCUT2D eigenvalue weighted by molar-refractivity contribution is 0.415. The van der Waals surface area contributed by atoms with E-state index in [0.717, 1.165) is 41.2 Å². The Morgan fingerprint density at radius 3 is 2.55 bits per heavy atom. The molecule has 0 aliphatic carbocycles. The summed E-state index contributed by atoms with van der Waals surface area (Å²) in [5.41, 5.74) is 10.0. The minimum atomic E-state index is 0.500. The van der Waals surface area contributed by atoms with E-state index >= 15 is 0 Å². The maximum atomic E-state index is 5.91. The standard InChI is InChI=1S/C16H21N3O/c1-5-6-15-18-12(9-14(17)19-15)16-11(3)7-10(2)8-13(16)20-4/h7-9H,5-6H2,1-4H3,(H2,17,18,19). The van der Waals surface area contributed by atoms with Crippen LogP contribution in [0, 0.1) is 13.8 Å². The van der Waals surface area contributed by atoms with Crippen LogP contribution in [-0.2, 0) is 6.42 Å². The molecule has 2 N–H and O–H groups in total. The Morgan fingerprint density at radius 1 is 1.15 bits per heavy atom. The lowest BCUT2D eigenvalue weighted by atomic mass is 10.0. The highest BCUT2D eigenvalue weighted by Crippen LogP contribution is 2.33. The molecule has 0 aliphatic rings. The van der Waals surface area contributed by atoms with Crippen molar-refractivity contribution in [3.63, 3.8) is 0 Å². The van der Waals surface area contributed by atoms with Gasteiger partial charge in [0.2, 0.25) is 0 Å². The van der Waals surface area contributed by atoms with Gasteiger partial charge >= 0.3 is 0 Å². The van der Waals surface area contributed by atoms with E-state index in [4.69, 9.17) is 10.5 Å². The molecule has 0 aliphatic heterocycles. The number of hydrogen-bond donors (Lipinski definition) is 1. The molecule has 0 fully saturated rings. The second kappa shape index (κ2) is 5.90. The molecule has 1 aromatic carbocycles. The summed E-state index contributed by atoms with van der Waals surface area (Å²) in [5, 5.41) is 0. The van der Waals surface area contributed by atoms with E-state index in [1.807, 2.05) is 6.07 Å². The molecule has 0 radical (unpaired) electrons. The lowest BCUT2D eigenvalue weighted by Gasteiger charge is -2.13. The number of anilines is 1. The molecule has 20 heavy (non-hydrogen) atoms. The van der Waals surface area contributed by atoms with E-state index in [-0.39, 0.29) is 0 Å². The van der Waals surface area contributed by atoms with Crippen molar-refractivity contribution in [3.05, 3.63) is 35.2 Å². The molecule has 0 spiro atoms. The Balaban J connectivity index is 2.61. The molecule has 0 saturated carbocycles. The van der Waals surface area contributed by atoms with Crippen molar-refractivity contribution in [1.29, 1.82) is 0 Å². The third kappa shape index (κ3) is 2.90. The average molecular weight is 271 g/mol. The predicted molar refractivity (Wildman–Crippen MR) is 81.9 cm³/mol. The molecule has 2 aromatic rings. The summed E-state index contributed by atoms with van der Waals surface area (Å²) >= 11 is 0. The first kappa shape index (κ1) is 14.3. The molecule has 1 aromatic heterocycles. The van der Waals surface area contributed by atoms with Crippen molar-refractivity contribution in [2.24, 2.45) is 0 Å². The molecule has 2 rings (SSSR count). The fourth-order valence-corrected chi connectivity index (χ4v) is 2.40. The number of hydrogen-bond acceptors (Lipinski definition) is 4. The van der Waals surface area contributed by atoms with E-state index in [9.17, 15) is 0 Å². The van der Waals surface area contributed by atoms with Crippen LogP contribution in [0.5, 0.6) is 5.75 Å². The van der Waals surface area contributed by atoms with Crippen LogP contribution in [0.4, 0.5) is 5.82 Å². The number of methoxy groups -OCH3 is 1. The van der Waals surface area contributed by atoms with E-state index in [2.05, 4.69) is 36.8 Å². The SMILES string of the molecule is CCCc1nc(N)cc(-c2c(C)cc(C)cc2OC)n1. The van der Waals surface area contributed by atoms with Crippen LogP contribution in [-0.4, -0.2) is 17.1 Å². The Morgan fingerprint density at radius 2 is 1.90 bits per heavy atom. The number of aromatic nitrogens is 2. The van der Waals surface area contributed by atoms with Crippen molar-refractivity contribution in [3.8, 4) is 17.0 Å². The predicted octanol–water partition coefficient (Wildman–Crippen LogP) is 3.30. The molecule has 0 unspecified atom stereocenters. The monoisotopic (exact) mass is 271 g/mol. The van der Waals surface area contributed by atoms with Crippen molar-refractivity contribution in [2.75, 3.05) is 12.8 Å². The first-order chi connectivity index (χ1) is 9.55. The Hall–Kier alpha value is -2.10. The molecule has 0 bridgehead atoms. The normalized spacial score (nSPS) is 10.6. The highest BCUT2D eigenvalue weighted by molar-refractivity contribution is 5.73. The minimum Gasteiger partial charge on any atom is -0.496 e. The van der Waals surface area contributed by atoms with Crippen LogP contribution in [0.15, 0.2) is 18.2 Å². The van der Waals surface area contributed by atoms with Crippen LogP contribution in [0.2, 0.25) is 0 Å². The molecular formula is C16H21N3O. The fourth-order valence-electron chi connectivity index (χ4n) is 2.40. The smallest absolute Gasteiger partial charge is 0.131 e. The van der Waals surface area contributed by atoms with E-state index in [0.29, 0.717) is 5.82 Å². The molecular weight excluding hydrogens is 250 g/mol. The second-order valence-electron chi connectivity index (χ2n) is 5.00. The van der Waals surface area contributed by atoms with Gasteiger partial charge in [0, 0.05) is 18.1 Å². The number of rotatable bonds is 4. The van der Waals surface area contributed by atoms with Crippen LogP contribution >= 0.6 is 0 Å². The summed E-state index contributed by atoms with van der Waals surface area (Å²) in [7, 11) is 1.68. The number of benzene rings is 1. The van der Waals surface area contributed by atoms with Gasteiger partial charge in [0.15, 0.2) is 0 Å². The van der Waals surface area contributed by atoms with Crippen LogP contribution in [0.1, 0.15) is 30.3 Å². The quantitative estimate of drug-likeness (QED) is 0.926. The topological polar surface area (TPSA) is 61.0 Å². The highest BCUT2D eigenvalue weighted by atomic mass is 16.5. The number of aryl methyl sites for hydroxylation is 3. The molecule has 0 amide bonds. The van der Waals surface area contributed by atoms with Gasteiger partial charge in [0.25, 0.3) is 0 Å². The Bertz CT molecular complexity index is 623. The number of ether oxygens (including phenoxy) is 1. The van der Waals surface area contributed by atoms with Gasteiger partial charge in [-0.15, -0.1) is 0 Å². The van der Waals surface area contributed by atoms with Crippen molar-refractivity contribution in [1.82, 2.24) is 9.97 Å². The van der Waals surface area contributed by atoms with E-state index in [1.165, 1.54) is 5.56 Å². The second-order valence-corrected chi connectivity index (χ2v) is 5.00. The summed E-state index contributed by atoms with van der Waals surface area (Å²) in [6.07, 6.45) is 1.82. The molecule has 0 atom stereocenters. The summed E-state index contributed by atoms with van der Waals surface area (Å²) in [5.74, 6) is 2.10. The van der Waals surface area contributed by atoms with E-state index < -0.39 is 0 Å². The molecule has 4 heteroatoms. The highest BCUT2D eigenvalue weighted by Gasteiger charge is 2.13. The van der Waals surface area contributed by atoms with Crippen molar-refractivity contribution >= 4 is 5.82 Å². The Kier molecular flexibility index (Phi) is 4.23. The van der Waals surface area contributed by atoms with Gasteiger partial charge in [-0.2, -0.15) is 0 Å². The largest absolute Gasteiger partial charge is 0.496 e. The number of nitrogens with zero attached hydrogens (tertiary/aromatic N) is 2. The van der Waals surface area contributed by atoms with Gasteiger partial charge in [-0.1, -0.05) is 13.0 Å². The average Bonchev–Trinajstić information content (AvgIpc) is 2.37. The van der Waals surface area contributed by atoms with Gasteiger partial charge in [-0.3, -0.25) is 0 Å². The third-order valence-electron chi connectivity index (χ3n) is 3.19. The molecule has 1 heterocycles. The first-order valence-corrected chi connectivity index (χ1v) is 6.84. The zero-order valence-electron chi connectivity index (χ0n) is 12.5. The third-order valence-corrected chi connectivity index (χ3v) is 3.19. The van der Waals surface area contributed by atoms with Gasteiger partial charge in [-0.25, -0.2) is 9.97 Å². The zero-order chi connectivity index (χ0) is 14.7. The summed E-state index contributed by atoms with van der Waals surface area (Å²) in [4.78, 5) is 8.90. The van der Waals surface area contributed by atoms with Gasteiger partial charge < -0.3 is 10.5 Å². The molecule has 106 valence electrons. The van der Waals surface area contributed by atoms with Crippen molar-refractivity contribution in [2.45, 2.75) is 33.6 Å².